The van der Waals surface area contributed by atoms with E-state index in [1.54, 1.807) is 18.0 Å². The van der Waals surface area contributed by atoms with Crippen LogP contribution in [0.4, 0.5) is 0 Å². The first kappa shape index (κ1) is 14.5. The molecule has 20 heavy (non-hydrogen) atoms. The molecule has 0 saturated carbocycles. The van der Waals surface area contributed by atoms with Gasteiger partial charge in [0.2, 0.25) is 0 Å². The summed E-state index contributed by atoms with van der Waals surface area (Å²) in [7, 11) is 1.62. The van der Waals surface area contributed by atoms with Crippen LogP contribution in [0.25, 0.3) is 0 Å². The molecule has 0 bridgehead atoms. The van der Waals surface area contributed by atoms with Gasteiger partial charge in [-0.2, -0.15) is 0 Å². The second kappa shape index (κ2) is 6.51. The van der Waals surface area contributed by atoms with Crippen LogP contribution in [0.5, 0.6) is 5.75 Å². The van der Waals surface area contributed by atoms with Crippen LogP contribution in [0.15, 0.2) is 28.9 Å². The topological polar surface area (TPSA) is 77.2 Å². The zero-order chi connectivity index (χ0) is 14.5. The zero-order valence-corrected chi connectivity index (χ0v) is 12.5. The number of aliphatic carboxylic acids is 1. The number of hydrogen-bond acceptors (Lipinski definition) is 4. The third kappa shape index (κ3) is 3.80. The number of methoxy groups -OCH3 is 1. The Labute approximate surface area is 124 Å². The molecule has 0 aliphatic rings. The molecule has 0 radical (unpaired) electrons. The van der Waals surface area contributed by atoms with Crippen molar-refractivity contribution in [2.45, 2.75) is 19.4 Å². The van der Waals surface area contributed by atoms with Crippen molar-refractivity contribution in [3.8, 4) is 5.75 Å². The molecule has 1 N–H and O–H groups in total. The molecule has 0 saturated heterocycles. The Hall–Kier alpha value is -1.89. The van der Waals surface area contributed by atoms with E-state index in [-0.39, 0.29) is 6.42 Å². The highest BCUT2D eigenvalue weighted by molar-refractivity contribution is 9.10. The molecule has 1 aromatic heterocycles. The minimum Gasteiger partial charge on any atom is -0.497 e. The second-order valence-corrected chi connectivity index (χ2v) is 5.11. The molecule has 2 rings (SSSR count). The lowest BCUT2D eigenvalue weighted by atomic mass is 10.2. The fraction of sp³-hybridized carbons (Fsp3) is 0.308. The standard InChI is InChI=1S/C13H14BrN3O3/c1-20-11-3-4-12(14)9(6-11)7-17-8-10(15-16-17)2-5-13(18)19/h3-4,6,8H,2,5,7H2,1H3,(H,18,19). The van der Waals surface area contributed by atoms with Crippen LogP contribution in [0.3, 0.4) is 0 Å². The van der Waals surface area contributed by atoms with Gasteiger partial charge in [-0.3, -0.25) is 4.79 Å². The summed E-state index contributed by atoms with van der Waals surface area (Å²) in [5.74, 6) is -0.0653. The molecular weight excluding hydrogens is 326 g/mol. The van der Waals surface area contributed by atoms with E-state index in [0.717, 1.165) is 15.8 Å². The van der Waals surface area contributed by atoms with Crippen LogP contribution >= 0.6 is 15.9 Å². The van der Waals surface area contributed by atoms with Gasteiger partial charge in [0.1, 0.15) is 5.75 Å². The van der Waals surface area contributed by atoms with Crippen molar-refractivity contribution in [3.05, 3.63) is 40.1 Å². The van der Waals surface area contributed by atoms with E-state index in [2.05, 4.69) is 26.2 Å². The van der Waals surface area contributed by atoms with Crippen LogP contribution < -0.4 is 4.74 Å². The van der Waals surface area contributed by atoms with Crippen molar-refractivity contribution >= 4 is 21.9 Å². The highest BCUT2D eigenvalue weighted by Crippen LogP contribution is 2.23. The number of aryl methyl sites for hydroxylation is 1. The number of carbonyl (C=O) groups is 1. The number of rotatable bonds is 6. The van der Waals surface area contributed by atoms with Gasteiger partial charge in [0, 0.05) is 17.1 Å². The number of carboxylic acid groups (broad SMARTS) is 1. The minimum atomic E-state index is -0.838. The largest absolute Gasteiger partial charge is 0.497 e. The van der Waals surface area contributed by atoms with Gasteiger partial charge < -0.3 is 9.84 Å². The van der Waals surface area contributed by atoms with E-state index in [4.69, 9.17) is 9.84 Å². The maximum atomic E-state index is 10.5. The van der Waals surface area contributed by atoms with Crippen molar-refractivity contribution in [3.63, 3.8) is 0 Å². The molecule has 1 aromatic carbocycles. The predicted octanol–water partition coefficient (Wildman–Crippen LogP) is 2.11. The number of ether oxygens (including phenoxy) is 1. The molecule has 0 fully saturated rings. The Morgan fingerprint density at radius 3 is 3.00 bits per heavy atom. The molecule has 0 atom stereocenters. The van der Waals surface area contributed by atoms with E-state index < -0.39 is 5.97 Å². The number of aromatic nitrogens is 3. The van der Waals surface area contributed by atoms with Gasteiger partial charge in [0.15, 0.2) is 0 Å². The molecule has 2 aromatic rings. The molecule has 0 unspecified atom stereocenters. The fourth-order valence-corrected chi connectivity index (χ4v) is 2.11. The molecule has 7 heteroatoms. The van der Waals surface area contributed by atoms with Gasteiger partial charge in [0.05, 0.1) is 25.8 Å². The Bertz CT molecular complexity index is 613. The number of hydrogen-bond donors (Lipinski definition) is 1. The fourth-order valence-electron chi connectivity index (χ4n) is 1.74. The third-order valence-electron chi connectivity index (χ3n) is 2.77. The average molecular weight is 340 g/mol. The van der Waals surface area contributed by atoms with Crippen LogP contribution in [0.1, 0.15) is 17.7 Å². The zero-order valence-electron chi connectivity index (χ0n) is 10.9. The number of halogens is 1. The van der Waals surface area contributed by atoms with Crippen molar-refractivity contribution in [1.82, 2.24) is 15.0 Å². The van der Waals surface area contributed by atoms with Crippen LogP contribution in [0, 0.1) is 0 Å². The highest BCUT2D eigenvalue weighted by atomic mass is 79.9. The molecule has 0 aliphatic heterocycles. The highest BCUT2D eigenvalue weighted by Gasteiger charge is 2.07. The number of nitrogens with zero attached hydrogens (tertiary/aromatic N) is 3. The quantitative estimate of drug-likeness (QED) is 0.872. The Morgan fingerprint density at radius 2 is 2.30 bits per heavy atom. The van der Waals surface area contributed by atoms with Crippen molar-refractivity contribution in [2.24, 2.45) is 0 Å². The molecule has 0 spiro atoms. The molecule has 0 aliphatic carbocycles. The van der Waals surface area contributed by atoms with Gasteiger partial charge >= 0.3 is 5.97 Å². The van der Waals surface area contributed by atoms with Gasteiger partial charge in [0.25, 0.3) is 0 Å². The Morgan fingerprint density at radius 1 is 1.50 bits per heavy atom. The van der Waals surface area contributed by atoms with Gasteiger partial charge in [-0.05, 0) is 23.8 Å². The molecule has 0 amide bonds. The molecule has 6 nitrogen and oxygen atoms in total. The van der Waals surface area contributed by atoms with Crippen molar-refractivity contribution in [1.29, 1.82) is 0 Å². The van der Waals surface area contributed by atoms with E-state index in [1.165, 1.54) is 0 Å². The third-order valence-corrected chi connectivity index (χ3v) is 3.54. The smallest absolute Gasteiger partial charge is 0.303 e. The summed E-state index contributed by atoms with van der Waals surface area (Å²) < 4.78 is 7.82. The lowest BCUT2D eigenvalue weighted by molar-refractivity contribution is -0.136. The van der Waals surface area contributed by atoms with Crippen LogP contribution in [-0.2, 0) is 17.8 Å². The van der Waals surface area contributed by atoms with Crippen LogP contribution in [0.2, 0.25) is 0 Å². The maximum absolute atomic E-state index is 10.5. The summed E-state index contributed by atoms with van der Waals surface area (Å²) in [6.07, 6.45) is 2.20. The van der Waals surface area contributed by atoms with Gasteiger partial charge in [-0.15, -0.1) is 5.10 Å². The first-order valence-electron chi connectivity index (χ1n) is 6.01. The van der Waals surface area contributed by atoms with E-state index >= 15 is 0 Å². The summed E-state index contributed by atoms with van der Waals surface area (Å²) >= 11 is 3.48. The monoisotopic (exact) mass is 339 g/mol. The van der Waals surface area contributed by atoms with Crippen molar-refractivity contribution in [2.75, 3.05) is 7.11 Å². The minimum absolute atomic E-state index is 0.0571. The Kier molecular flexibility index (Phi) is 4.73. The maximum Gasteiger partial charge on any atom is 0.303 e. The molecular formula is C13H14BrN3O3. The predicted molar refractivity (Wildman–Crippen MR) is 75.8 cm³/mol. The Balaban J connectivity index is 2.08. The number of benzene rings is 1. The molecule has 1 heterocycles. The molecule has 106 valence electrons. The summed E-state index contributed by atoms with van der Waals surface area (Å²) in [6.45, 7) is 0.540. The summed E-state index contributed by atoms with van der Waals surface area (Å²) in [6, 6.07) is 5.70. The van der Waals surface area contributed by atoms with E-state index in [0.29, 0.717) is 18.7 Å². The first-order valence-corrected chi connectivity index (χ1v) is 6.81. The van der Waals surface area contributed by atoms with Crippen molar-refractivity contribution < 1.29 is 14.6 Å². The normalized spacial score (nSPS) is 10.5. The van der Waals surface area contributed by atoms with Gasteiger partial charge in [-0.1, -0.05) is 21.1 Å². The summed E-state index contributed by atoms with van der Waals surface area (Å²) in [5.41, 5.74) is 1.69. The van der Waals surface area contributed by atoms with E-state index in [1.807, 2.05) is 18.2 Å². The summed E-state index contributed by atoms with van der Waals surface area (Å²) in [5, 5.41) is 16.6. The average Bonchev–Trinajstić information content (AvgIpc) is 2.86. The number of carboxylic acids is 1. The van der Waals surface area contributed by atoms with E-state index in [9.17, 15) is 4.79 Å². The second-order valence-electron chi connectivity index (χ2n) is 4.26. The lowest BCUT2D eigenvalue weighted by Gasteiger charge is -2.06. The van der Waals surface area contributed by atoms with Crippen LogP contribution in [-0.4, -0.2) is 33.2 Å². The summed E-state index contributed by atoms with van der Waals surface area (Å²) in [4.78, 5) is 10.5. The lowest BCUT2D eigenvalue weighted by Crippen LogP contribution is -2.01. The SMILES string of the molecule is COc1ccc(Br)c(Cn2cc(CCC(=O)O)nn2)c1. The van der Waals surface area contributed by atoms with Gasteiger partial charge in [-0.25, -0.2) is 4.68 Å². The first-order chi connectivity index (χ1) is 9.58.